The number of rotatable bonds is 19. The molecular weight excluding hydrogens is 1180 g/mol. The predicted octanol–water partition coefficient (Wildman–Crippen LogP) is 7.73. The standard InChI is InChI=1S/C71H108N4O17/c1-44-19-13-11-14-20-45(2)58(87-8)41-54-29-23-50(7)71(86,92-54)67(82)69(84)74-35-18-16-21-55(74)70(85)91-59(42-56(76)46(3)38-49(6)65(81)66(89-10)64(80)48(5)37-44)47(4)39-52-26-30-57(60(40-52)88-9)90-36-34-72-61(77)22-15-12-17-33-73-68(83)53-27-24-51(25-28-53)43-75-62(78)31-32-63(75)79/h11,13-14,19-20,31-32,38,44,46-48,50-55,57-60,65-66,81,86H,12,15-18,21-30,33-37,39-43H2,1-10H3,(H,72,77)(H,73,83)/b14-11?,19-13+,45-20?,49-38+/t44-,46-,47-,48-,50-,51?,52+,53?,54+,55+,57-,58+,59+,60-,65-,66+,71-/m1/s1. The van der Waals surface area contributed by atoms with Crippen LogP contribution in [-0.2, 0) is 71.6 Å². The number of hydrogen-bond acceptors (Lipinski definition) is 17. The molecule has 0 spiro atoms. The van der Waals surface area contributed by atoms with Gasteiger partial charge in [0.05, 0.1) is 31.0 Å². The number of aliphatic hydroxyl groups excluding tert-OH is 1. The number of carbonyl (C=O) groups is 9. The highest BCUT2D eigenvalue weighted by Crippen LogP contribution is 2.39. The molecule has 2 aliphatic carbocycles. The summed E-state index contributed by atoms with van der Waals surface area (Å²) >= 11 is 0. The van der Waals surface area contributed by atoms with Gasteiger partial charge in [0, 0.05) is 103 Å². The maximum absolute atomic E-state index is 14.7. The number of nitrogens with one attached hydrogen (secondary N) is 2. The zero-order valence-corrected chi connectivity index (χ0v) is 56.4. The fraction of sp³-hybridized carbons (Fsp3) is 0.732. The van der Waals surface area contributed by atoms with Gasteiger partial charge in [0.15, 0.2) is 5.78 Å². The fourth-order valence-electron chi connectivity index (χ4n) is 14.2. The third-order valence-electron chi connectivity index (χ3n) is 20.1. The summed E-state index contributed by atoms with van der Waals surface area (Å²) in [7, 11) is 4.58. The smallest absolute Gasteiger partial charge is 0.329 e. The Bertz CT molecular complexity index is 2660. The Hall–Kier alpha value is -5.55. The van der Waals surface area contributed by atoms with Crippen molar-refractivity contribution in [2.45, 2.75) is 231 Å². The first-order valence-corrected chi connectivity index (χ1v) is 34.1. The van der Waals surface area contributed by atoms with Crippen molar-refractivity contribution in [3.63, 3.8) is 0 Å². The van der Waals surface area contributed by atoms with Gasteiger partial charge in [-0.15, -0.1) is 0 Å². The van der Waals surface area contributed by atoms with E-state index in [1.165, 1.54) is 29.1 Å². The maximum Gasteiger partial charge on any atom is 0.329 e. The first-order valence-electron chi connectivity index (χ1n) is 34.1. The van der Waals surface area contributed by atoms with E-state index in [2.05, 4.69) is 10.6 Å². The van der Waals surface area contributed by atoms with Crippen molar-refractivity contribution < 1.29 is 81.8 Å². The number of imide groups is 1. The van der Waals surface area contributed by atoms with Crippen molar-refractivity contribution in [1.29, 1.82) is 0 Å². The summed E-state index contributed by atoms with van der Waals surface area (Å²) in [4.78, 5) is 124. The summed E-state index contributed by atoms with van der Waals surface area (Å²) in [6.45, 7) is 14.2. The predicted molar refractivity (Wildman–Crippen MR) is 345 cm³/mol. The van der Waals surface area contributed by atoms with E-state index in [0.717, 1.165) is 50.5 Å². The molecular formula is C71H108N4O17. The Morgan fingerprint density at radius 2 is 1.48 bits per heavy atom. The van der Waals surface area contributed by atoms with E-state index < -0.39 is 83.7 Å². The topological polar surface area (TPSA) is 280 Å². The van der Waals surface area contributed by atoms with Gasteiger partial charge in [-0.05, 0) is 151 Å². The summed E-state index contributed by atoms with van der Waals surface area (Å²) in [6, 6.07) is -1.18. The van der Waals surface area contributed by atoms with Crippen molar-refractivity contribution in [1.82, 2.24) is 20.4 Å². The van der Waals surface area contributed by atoms with Crippen molar-refractivity contribution in [3.05, 3.63) is 59.8 Å². The third-order valence-corrected chi connectivity index (χ3v) is 20.1. The fourth-order valence-corrected chi connectivity index (χ4v) is 14.2. The number of cyclic esters (lactones) is 1. The molecule has 2 saturated heterocycles. The second-order valence-electron chi connectivity index (χ2n) is 27.2. The monoisotopic (exact) mass is 1290 g/mol. The van der Waals surface area contributed by atoms with Crippen molar-refractivity contribution in [3.8, 4) is 0 Å². The Labute approximate surface area is 545 Å². The Morgan fingerprint density at radius 3 is 2.17 bits per heavy atom. The molecule has 21 heteroatoms. The molecule has 0 aromatic rings. The normalized spacial score (nSPS) is 34.3. The lowest BCUT2D eigenvalue weighted by atomic mass is 9.78. The number of allylic oxidation sites excluding steroid dienone is 6. The number of piperidine rings is 1. The van der Waals surface area contributed by atoms with Crippen LogP contribution >= 0.6 is 0 Å². The number of esters is 1. The lowest BCUT2D eigenvalue weighted by molar-refractivity contribution is -0.265. The molecule has 2 bridgehead atoms. The van der Waals surface area contributed by atoms with E-state index in [9.17, 15) is 53.4 Å². The quantitative estimate of drug-likeness (QED) is 0.0316. The van der Waals surface area contributed by atoms with E-state index in [4.69, 9.17) is 28.4 Å². The van der Waals surface area contributed by atoms with E-state index in [1.807, 2.05) is 58.1 Å². The summed E-state index contributed by atoms with van der Waals surface area (Å²) < 4.78 is 36.4. The molecule has 21 nitrogen and oxygen atoms in total. The summed E-state index contributed by atoms with van der Waals surface area (Å²) in [5.74, 6) is -8.82. The molecule has 6 rings (SSSR count). The van der Waals surface area contributed by atoms with Crippen LogP contribution in [0.5, 0.6) is 0 Å². The number of nitrogens with zero attached hydrogens (tertiary/aromatic N) is 2. The van der Waals surface area contributed by atoms with Gasteiger partial charge in [-0.25, -0.2) is 4.79 Å². The SMILES string of the molecule is CO[C@H]1C[C@@H]2CC[C@@H](C)[C@@](O)(O2)C(=O)C(=O)N2CCCC[C@H]2C(=O)O[C@H]([C@H](C)C[C@@H]2CC[C@@H](OCCNC(=O)CCCCCNC(=O)C3CCC(CN4C(=O)C=CC4=O)CC3)[C@H](OC)C2)CC(=O)[C@H](C)/C=C(\C)[C@@H](O)[C@@H](OC)C(=O)[C@H](C)C[C@H](C)/C=C/C=CC=C1C. The highest BCUT2D eigenvalue weighted by Gasteiger charge is 2.53. The van der Waals surface area contributed by atoms with Gasteiger partial charge in [-0.2, -0.15) is 0 Å². The maximum atomic E-state index is 14.7. The van der Waals surface area contributed by atoms with Crippen molar-refractivity contribution >= 4 is 52.9 Å². The van der Waals surface area contributed by atoms with Crippen LogP contribution < -0.4 is 10.6 Å². The average Bonchev–Trinajstić information content (AvgIpc) is 1.01. The minimum Gasteiger partial charge on any atom is -0.460 e. The highest BCUT2D eigenvalue weighted by molar-refractivity contribution is 6.39. The van der Waals surface area contributed by atoms with Crippen molar-refractivity contribution in [2.75, 3.05) is 54.1 Å². The highest BCUT2D eigenvalue weighted by atomic mass is 16.6. The molecule has 0 unspecified atom stereocenters. The minimum atomic E-state index is -2.47. The van der Waals surface area contributed by atoms with Gasteiger partial charge in [-0.1, -0.05) is 77.5 Å². The number of methoxy groups -OCH3 is 3. The number of ketones is 3. The van der Waals surface area contributed by atoms with Gasteiger partial charge in [0.1, 0.15) is 30.1 Å². The number of unbranched alkanes of at least 4 members (excludes halogenated alkanes) is 2. The van der Waals surface area contributed by atoms with Crippen LogP contribution in [0.4, 0.5) is 0 Å². The molecule has 92 heavy (non-hydrogen) atoms. The van der Waals surface area contributed by atoms with Crippen LogP contribution in [0.1, 0.15) is 177 Å². The minimum absolute atomic E-state index is 0.00688. The molecule has 0 aromatic carbocycles. The first-order chi connectivity index (χ1) is 43.9. The number of hydrogen-bond donors (Lipinski definition) is 4. The number of fused-ring (bicyclic) bond motifs is 3. The van der Waals surface area contributed by atoms with Gasteiger partial charge in [-0.3, -0.25) is 43.3 Å². The van der Waals surface area contributed by atoms with E-state index in [0.29, 0.717) is 95.8 Å². The molecule has 4 fully saturated rings. The Kier molecular flexibility index (Phi) is 30.3. The van der Waals surface area contributed by atoms with Gasteiger partial charge >= 0.3 is 5.97 Å². The summed E-state index contributed by atoms with van der Waals surface area (Å²) in [5.41, 5.74) is 1.23. The van der Waals surface area contributed by atoms with Crippen LogP contribution in [0.15, 0.2) is 59.8 Å². The molecule has 6 aliphatic rings. The van der Waals surface area contributed by atoms with Crippen molar-refractivity contribution in [2.24, 2.45) is 47.3 Å². The largest absolute Gasteiger partial charge is 0.460 e. The van der Waals surface area contributed by atoms with Gasteiger partial charge < -0.3 is 54.2 Å². The zero-order valence-electron chi connectivity index (χ0n) is 56.4. The third kappa shape index (κ3) is 21.5. The molecule has 514 valence electrons. The number of ether oxygens (including phenoxy) is 6. The molecule has 4 aliphatic heterocycles. The molecule has 4 N–H and O–H groups in total. The van der Waals surface area contributed by atoms with E-state index in [-0.39, 0.29) is 97.1 Å². The average molecular weight is 1290 g/mol. The molecule has 0 radical (unpaired) electrons. The Morgan fingerprint density at radius 1 is 0.761 bits per heavy atom. The number of carbonyl (C=O) groups excluding carboxylic acids is 9. The lowest BCUT2D eigenvalue weighted by Crippen LogP contribution is -2.61. The second-order valence-corrected chi connectivity index (χ2v) is 27.2. The van der Waals surface area contributed by atoms with Gasteiger partial charge in [0.25, 0.3) is 23.5 Å². The summed E-state index contributed by atoms with van der Waals surface area (Å²) in [6.07, 6.45) is 19.4. The lowest BCUT2D eigenvalue weighted by Gasteiger charge is -2.42. The second kappa shape index (κ2) is 36.9. The number of Topliss-reactive ketones (excluding diaryl/α,β-unsaturated/α-hetero) is 3. The Balaban J connectivity index is 1.06. The van der Waals surface area contributed by atoms with Crippen LogP contribution in [0.3, 0.4) is 0 Å². The number of aliphatic hydroxyl groups is 2. The zero-order chi connectivity index (χ0) is 67.2. The van der Waals surface area contributed by atoms with E-state index in [1.54, 1.807) is 41.1 Å². The van der Waals surface area contributed by atoms with E-state index >= 15 is 0 Å². The molecule has 0 aromatic heterocycles. The molecule has 2 saturated carbocycles. The van der Waals surface area contributed by atoms with Gasteiger partial charge in [0.2, 0.25) is 17.6 Å². The van der Waals surface area contributed by atoms with Crippen LogP contribution in [-0.4, -0.2) is 182 Å². The van der Waals surface area contributed by atoms with Crippen LogP contribution in [0.2, 0.25) is 0 Å². The molecule has 4 heterocycles. The molecule has 15 atom stereocenters. The van der Waals surface area contributed by atoms with Crippen LogP contribution in [0.25, 0.3) is 0 Å². The number of amides is 5. The summed E-state index contributed by atoms with van der Waals surface area (Å²) in [5, 5.41) is 29.7. The van der Waals surface area contributed by atoms with Crippen LogP contribution in [0, 0.1) is 47.3 Å². The first kappa shape index (κ1) is 75.5. The molecule has 5 amide bonds.